The summed E-state index contributed by atoms with van der Waals surface area (Å²) in [6.07, 6.45) is -1.02. The maximum atomic E-state index is 11.7. The zero-order valence-corrected chi connectivity index (χ0v) is 11.8. The van der Waals surface area contributed by atoms with Crippen molar-refractivity contribution < 1.29 is 23.9 Å². The average Bonchev–Trinajstić information content (AvgIpc) is 2.22. The first kappa shape index (κ1) is 15.3. The Hall–Kier alpha value is -1.79. The van der Waals surface area contributed by atoms with Gasteiger partial charge in [0, 0.05) is 0 Å². The van der Waals surface area contributed by atoms with Crippen LogP contribution < -0.4 is 10.6 Å². The van der Waals surface area contributed by atoms with Crippen molar-refractivity contribution in [2.24, 2.45) is 0 Å². The largest absolute Gasteiger partial charge is 0.458 e. The summed E-state index contributed by atoms with van der Waals surface area (Å²) in [6, 6.07) is -1.44. The first-order chi connectivity index (χ1) is 8.60. The summed E-state index contributed by atoms with van der Waals surface area (Å²) in [5.41, 5.74) is -0.632. The number of rotatable bonds is 3. The number of amides is 2. The van der Waals surface area contributed by atoms with Gasteiger partial charge in [-0.05, 0) is 34.6 Å². The van der Waals surface area contributed by atoms with E-state index in [2.05, 4.69) is 10.6 Å². The van der Waals surface area contributed by atoms with Crippen LogP contribution in [0.4, 0.5) is 4.79 Å². The number of hydrogen-bond donors (Lipinski definition) is 2. The Kier molecular flexibility index (Phi) is 4.39. The monoisotopic (exact) mass is 272 g/mol. The van der Waals surface area contributed by atoms with Crippen LogP contribution in [0.1, 0.15) is 34.6 Å². The van der Waals surface area contributed by atoms with Crippen LogP contribution in [-0.4, -0.2) is 41.8 Å². The molecule has 108 valence electrons. The molecular formula is C12H20N2O5. The van der Waals surface area contributed by atoms with Crippen LogP contribution in [-0.2, 0) is 19.1 Å². The van der Waals surface area contributed by atoms with Gasteiger partial charge in [0.05, 0.1) is 0 Å². The van der Waals surface area contributed by atoms with E-state index in [1.54, 1.807) is 27.7 Å². The van der Waals surface area contributed by atoms with Gasteiger partial charge in [0.15, 0.2) is 6.04 Å². The maximum Gasteiger partial charge on any atom is 0.408 e. The zero-order valence-electron chi connectivity index (χ0n) is 11.8. The van der Waals surface area contributed by atoms with E-state index in [1.807, 2.05) is 0 Å². The summed E-state index contributed by atoms with van der Waals surface area (Å²) in [6.45, 7) is 8.36. The number of esters is 1. The van der Waals surface area contributed by atoms with Crippen molar-refractivity contribution >= 4 is 18.0 Å². The molecule has 0 aromatic rings. The highest BCUT2D eigenvalue weighted by atomic mass is 16.6. The Bertz CT molecular complexity index is 388. The minimum Gasteiger partial charge on any atom is -0.458 e. The van der Waals surface area contributed by atoms with E-state index >= 15 is 0 Å². The Labute approximate surface area is 112 Å². The summed E-state index contributed by atoms with van der Waals surface area (Å²) in [7, 11) is 0. The number of carbonyl (C=O) groups excluding carboxylic acids is 3. The van der Waals surface area contributed by atoms with Crippen LogP contribution >= 0.6 is 0 Å². The van der Waals surface area contributed by atoms with Gasteiger partial charge >= 0.3 is 12.1 Å². The zero-order chi connectivity index (χ0) is 14.8. The van der Waals surface area contributed by atoms with E-state index in [1.165, 1.54) is 6.92 Å². The highest BCUT2D eigenvalue weighted by molar-refractivity contribution is 5.91. The van der Waals surface area contributed by atoms with Crippen LogP contribution in [0.15, 0.2) is 0 Å². The predicted octanol–water partition coefficient (Wildman–Crippen LogP) is 0.330. The second-order valence-electron chi connectivity index (χ2n) is 5.50. The molecule has 1 heterocycles. The number of cyclic esters (lactones) is 1. The minimum absolute atomic E-state index is 0.342. The van der Waals surface area contributed by atoms with Gasteiger partial charge in [-0.25, -0.2) is 9.59 Å². The van der Waals surface area contributed by atoms with Gasteiger partial charge in [0.25, 0.3) is 0 Å². The van der Waals surface area contributed by atoms with E-state index in [0.717, 1.165) is 0 Å². The van der Waals surface area contributed by atoms with E-state index in [-0.39, 0.29) is 6.10 Å². The summed E-state index contributed by atoms with van der Waals surface area (Å²) in [5, 5.41) is 4.89. The fraction of sp³-hybridized carbons (Fsp3) is 0.750. The van der Waals surface area contributed by atoms with Gasteiger partial charge in [0.2, 0.25) is 5.91 Å². The van der Waals surface area contributed by atoms with E-state index in [0.29, 0.717) is 0 Å². The summed E-state index contributed by atoms with van der Waals surface area (Å²) < 4.78 is 9.74. The molecule has 0 aromatic carbocycles. The molecule has 7 nitrogen and oxygen atoms in total. The average molecular weight is 272 g/mol. The summed E-state index contributed by atoms with van der Waals surface area (Å²) in [5.74, 6) is -0.926. The highest BCUT2D eigenvalue weighted by Crippen LogP contribution is 2.13. The van der Waals surface area contributed by atoms with Crippen molar-refractivity contribution in [1.29, 1.82) is 0 Å². The number of ether oxygens (including phenoxy) is 2. The van der Waals surface area contributed by atoms with Crippen molar-refractivity contribution in [1.82, 2.24) is 10.6 Å². The molecule has 0 aliphatic carbocycles. The molecule has 0 saturated carbocycles. The van der Waals surface area contributed by atoms with Crippen molar-refractivity contribution in [3.63, 3.8) is 0 Å². The van der Waals surface area contributed by atoms with Crippen molar-refractivity contribution in [3.8, 4) is 0 Å². The quantitative estimate of drug-likeness (QED) is 0.722. The van der Waals surface area contributed by atoms with Gasteiger partial charge in [0.1, 0.15) is 17.7 Å². The molecule has 19 heavy (non-hydrogen) atoms. The third kappa shape index (κ3) is 4.42. The van der Waals surface area contributed by atoms with Crippen molar-refractivity contribution in [3.05, 3.63) is 0 Å². The molecular weight excluding hydrogens is 252 g/mol. The lowest BCUT2D eigenvalue weighted by molar-refractivity contribution is -0.176. The molecule has 1 saturated heterocycles. The maximum absolute atomic E-state index is 11.7. The molecule has 1 aliphatic rings. The topological polar surface area (TPSA) is 93.7 Å². The molecule has 0 aromatic heterocycles. The number of carbonyl (C=O) groups is 3. The van der Waals surface area contributed by atoms with Crippen molar-refractivity contribution in [2.75, 3.05) is 0 Å². The van der Waals surface area contributed by atoms with Gasteiger partial charge in [-0.1, -0.05) is 0 Å². The minimum atomic E-state index is -0.796. The standard InChI is InChI=1S/C12H20N2O5/c1-6(13-11(17)19-12(3,4)5)9(15)14-8-7(2)18-10(8)16/h6-8H,1-5H3,(H,13,17)(H,14,15)/t6-,7+,8-/m0/s1. The molecule has 3 atom stereocenters. The van der Waals surface area contributed by atoms with Gasteiger partial charge < -0.3 is 20.1 Å². The molecule has 0 unspecified atom stereocenters. The SMILES string of the molecule is C[C@H](NC(=O)OC(C)(C)C)C(=O)N[C@@H]1C(=O)O[C@@H]1C. The number of nitrogens with one attached hydrogen (secondary N) is 2. The fourth-order valence-corrected chi connectivity index (χ4v) is 1.45. The predicted molar refractivity (Wildman–Crippen MR) is 66.3 cm³/mol. The molecule has 1 rings (SSSR count). The Morgan fingerprint density at radius 3 is 2.37 bits per heavy atom. The smallest absolute Gasteiger partial charge is 0.408 e. The van der Waals surface area contributed by atoms with Crippen LogP contribution in [0.3, 0.4) is 0 Å². The Balaban J connectivity index is 2.40. The van der Waals surface area contributed by atoms with Gasteiger partial charge in [-0.15, -0.1) is 0 Å². The lowest BCUT2D eigenvalue weighted by Gasteiger charge is -2.33. The number of hydrogen-bond acceptors (Lipinski definition) is 5. The molecule has 0 radical (unpaired) electrons. The first-order valence-electron chi connectivity index (χ1n) is 6.10. The summed E-state index contributed by atoms with van der Waals surface area (Å²) in [4.78, 5) is 34.3. The van der Waals surface area contributed by atoms with E-state index in [4.69, 9.17) is 9.47 Å². The molecule has 7 heteroatoms. The molecule has 2 amide bonds. The molecule has 1 aliphatic heterocycles. The first-order valence-corrected chi connectivity index (χ1v) is 6.10. The van der Waals surface area contributed by atoms with Crippen molar-refractivity contribution in [2.45, 2.75) is 58.4 Å². The molecule has 1 fully saturated rings. The van der Waals surface area contributed by atoms with Gasteiger partial charge in [-0.2, -0.15) is 0 Å². The molecule has 0 bridgehead atoms. The highest BCUT2D eigenvalue weighted by Gasteiger charge is 2.40. The lowest BCUT2D eigenvalue weighted by atomic mass is 10.1. The lowest BCUT2D eigenvalue weighted by Crippen LogP contribution is -2.61. The second-order valence-corrected chi connectivity index (χ2v) is 5.50. The van der Waals surface area contributed by atoms with Crippen LogP contribution in [0.2, 0.25) is 0 Å². The molecule has 0 spiro atoms. The third-order valence-corrected chi connectivity index (χ3v) is 2.45. The Morgan fingerprint density at radius 1 is 1.37 bits per heavy atom. The van der Waals surface area contributed by atoms with Crippen LogP contribution in [0.25, 0.3) is 0 Å². The van der Waals surface area contributed by atoms with E-state index < -0.39 is 35.7 Å². The van der Waals surface area contributed by atoms with Crippen LogP contribution in [0, 0.1) is 0 Å². The molecule has 2 N–H and O–H groups in total. The van der Waals surface area contributed by atoms with E-state index in [9.17, 15) is 14.4 Å². The number of alkyl carbamates (subject to hydrolysis) is 1. The normalized spacial score (nSPS) is 23.7. The second kappa shape index (κ2) is 5.46. The van der Waals surface area contributed by atoms with Gasteiger partial charge in [-0.3, -0.25) is 4.79 Å². The summed E-state index contributed by atoms with van der Waals surface area (Å²) >= 11 is 0. The van der Waals surface area contributed by atoms with Crippen LogP contribution in [0.5, 0.6) is 0 Å². The Morgan fingerprint density at radius 2 is 1.95 bits per heavy atom. The third-order valence-electron chi connectivity index (χ3n) is 2.45. The fourth-order valence-electron chi connectivity index (χ4n) is 1.45.